The van der Waals surface area contributed by atoms with Crippen molar-refractivity contribution in [2.75, 3.05) is 24.5 Å². The predicted octanol–water partition coefficient (Wildman–Crippen LogP) is 3.13. The van der Waals surface area contributed by atoms with Crippen molar-refractivity contribution >= 4 is 17.5 Å². The lowest BCUT2D eigenvalue weighted by molar-refractivity contribution is 0.0792. The van der Waals surface area contributed by atoms with Gasteiger partial charge in [-0.3, -0.25) is 9.59 Å². The Labute approximate surface area is 141 Å². The van der Waals surface area contributed by atoms with Crippen LogP contribution in [-0.2, 0) is 6.42 Å². The molecule has 4 nitrogen and oxygen atoms in total. The number of hydrogen-bond donors (Lipinski definition) is 0. The van der Waals surface area contributed by atoms with Gasteiger partial charge in [-0.1, -0.05) is 18.2 Å². The Morgan fingerprint density at radius 1 is 0.750 bits per heavy atom. The molecular weight excluding hydrogens is 300 g/mol. The number of carbonyl (C=O) groups is 2. The fraction of sp³-hybridized carbons (Fsp3) is 0.300. The summed E-state index contributed by atoms with van der Waals surface area (Å²) in [6.07, 6.45) is 3.06. The number of amides is 2. The molecule has 0 bridgehead atoms. The van der Waals surface area contributed by atoms with E-state index >= 15 is 0 Å². The molecule has 2 aliphatic rings. The molecule has 2 heterocycles. The summed E-state index contributed by atoms with van der Waals surface area (Å²) in [6, 6.07) is 15.1. The summed E-state index contributed by atoms with van der Waals surface area (Å²) in [4.78, 5) is 28.9. The smallest absolute Gasteiger partial charge is 0.258 e. The third-order valence-corrected chi connectivity index (χ3v) is 4.90. The number of nitrogens with zero attached hydrogens (tertiary/aromatic N) is 2. The number of para-hydroxylation sites is 1. The fourth-order valence-corrected chi connectivity index (χ4v) is 3.56. The first-order chi connectivity index (χ1) is 11.7. The highest BCUT2D eigenvalue weighted by Gasteiger charge is 2.25. The van der Waals surface area contributed by atoms with Crippen LogP contribution in [0.2, 0.25) is 0 Å². The van der Waals surface area contributed by atoms with Gasteiger partial charge in [-0.25, -0.2) is 0 Å². The number of likely N-dealkylation sites (tertiary alicyclic amines) is 1. The van der Waals surface area contributed by atoms with Crippen LogP contribution in [0.15, 0.2) is 48.5 Å². The van der Waals surface area contributed by atoms with Crippen molar-refractivity contribution in [2.45, 2.75) is 19.3 Å². The van der Waals surface area contributed by atoms with Crippen molar-refractivity contribution in [3.8, 4) is 0 Å². The van der Waals surface area contributed by atoms with Crippen LogP contribution < -0.4 is 4.90 Å². The maximum atomic E-state index is 12.8. The summed E-state index contributed by atoms with van der Waals surface area (Å²) in [7, 11) is 0. The Kier molecular flexibility index (Phi) is 3.81. The molecule has 122 valence electrons. The van der Waals surface area contributed by atoms with Crippen molar-refractivity contribution in [2.24, 2.45) is 0 Å². The molecule has 0 N–H and O–H groups in total. The number of rotatable bonds is 2. The van der Waals surface area contributed by atoms with Crippen LogP contribution in [0.1, 0.15) is 39.1 Å². The van der Waals surface area contributed by atoms with Gasteiger partial charge in [0.05, 0.1) is 0 Å². The van der Waals surface area contributed by atoms with E-state index in [-0.39, 0.29) is 11.8 Å². The lowest BCUT2D eigenvalue weighted by Gasteiger charge is -2.18. The Morgan fingerprint density at radius 2 is 1.38 bits per heavy atom. The minimum Gasteiger partial charge on any atom is -0.339 e. The van der Waals surface area contributed by atoms with Crippen molar-refractivity contribution in [1.82, 2.24) is 4.90 Å². The molecule has 2 aromatic carbocycles. The van der Waals surface area contributed by atoms with E-state index in [9.17, 15) is 9.59 Å². The second-order valence-corrected chi connectivity index (χ2v) is 6.41. The quantitative estimate of drug-likeness (QED) is 0.853. The minimum absolute atomic E-state index is 0.000112. The third-order valence-electron chi connectivity index (χ3n) is 4.90. The van der Waals surface area contributed by atoms with E-state index in [0.717, 1.165) is 38.0 Å². The van der Waals surface area contributed by atoms with Gasteiger partial charge in [0, 0.05) is 36.4 Å². The van der Waals surface area contributed by atoms with Crippen molar-refractivity contribution in [3.05, 3.63) is 65.2 Å². The van der Waals surface area contributed by atoms with Gasteiger partial charge in [0.1, 0.15) is 0 Å². The second-order valence-electron chi connectivity index (χ2n) is 6.41. The summed E-state index contributed by atoms with van der Waals surface area (Å²) in [5.74, 6) is 0.0677. The van der Waals surface area contributed by atoms with E-state index < -0.39 is 0 Å². The Morgan fingerprint density at radius 3 is 2.08 bits per heavy atom. The Bertz CT molecular complexity index is 776. The molecule has 2 aromatic rings. The van der Waals surface area contributed by atoms with Crippen LogP contribution in [0.5, 0.6) is 0 Å². The minimum atomic E-state index is 0.000112. The zero-order valence-corrected chi connectivity index (χ0v) is 13.6. The van der Waals surface area contributed by atoms with Crippen LogP contribution >= 0.6 is 0 Å². The molecule has 0 unspecified atom stereocenters. The third kappa shape index (κ3) is 2.58. The number of hydrogen-bond acceptors (Lipinski definition) is 2. The van der Waals surface area contributed by atoms with Gasteiger partial charge in [0.2, 0.25) is 0 Å². The molecule has 0 aromatic heterocycles. The highest BCUT2D eigenvalue weighted by atomic mass is 16.2. The van der Waals surface area contributed by atoms with Crippen molar-refractivity contribution in [1.29, 1.82) is 0 Å². The van der Waals surface area contributed by atoms with Crippen LogP contribution in [0, 0.1) is 0 Å². The summed E-state index contributed by atoms with van der Waals surface area (Å²) in [6.45, 7) is 2.39. The van der Waals surface area contributed by atoms with Gasteiger partial charge in [-0.15, -0.1) is 0 Å². The lowest BCUT2D eigenvalue weighted by Crippen LogP contribution is -2.29. The largest absolute Gasteiger partial charge is 0.339 e. The lowest BCUT2D eigenvalue weighted by atomic mass is 10.1. The average Bonchev–Trinajstić information content (AvgIpc) is 3.30. The molecule has 0 aliphatic carbocycles. The van der Waals surface area contributed by atoms with Gasteiger partial charge >= 0.3 is 0 Å². The van der Waals surface area contributed by atoms with E-state index in [0.29, 0.717) is 17.7 Å². The molecule has 0 radical (unpaired) electrons. The molecule has 1 saturated heterocycles. The second kappa shape index (κ2) is 6.11. The summed E-state index contributed by atoms with van der Waals surface area (Å²) in [5, 5.41) is 0. The maximum Gasteiger partial charge on any atom is 0.258 e. The highest BCUT2D eigenvalue weighted by molar-refractivity contribution is 6.07. The zero-order chi connectivity index (χ0) is 16.5. The van der Waals surface area contributed by atoms with Gasteiger partial charge in [0.25, 0.3) is 11.8 Å². The predicted molar refractivity (Wildman–Crippen MR) is 93.4 cm³/mol. The average molecular weight is 320 g/mol. The molecule has 0 spiro atoms. The van der Waals surface area contributed by atoms with Gasteiger partial charge < -0.3 is 9.80 Å². The van der Waals surface area contributed by atoms with E-state index in [1.807, 2.05) is 28.0 Å². The number of anilines is 1. The molecule has 2 amide bonds. The van der Waals surface area contributed by atoms with E-state index in [1.165, 1.54) is 5.56 Å². The molecule has 0 atom stereocenters. The normalized spacial score (nSPS) is 16.3. The SMILES string of the molecule is O=C(c1ccc(C(=O)N2CCc3ccccc32)cc1)N1CCCC1. The van der Waals surface area contributed by atoms with Crippen molar-refractivity contribution in [3.63, 3.8) is 0 Å². The standard InChI is InChI=1S/C20H20N2O2/c23-19(21-12-3-4-13-21)16-7-9-17(10-8-16)20(24)22-14-11-15-5-1-2-6-18(15)22/h1-2,5-10H,3-4,11-14H2. The molecular formula is C20H20N2O2. The molecule has 4 heteroatoms. The molecule has 2 aliphatic heterocycles. The maximum absolute atomic E-state index is 12.8. The first kappa shape index (κ1) is 14.9. The van der Waals surface area contributed by atoms with Gasteiger partial charge in [-0.05, 0) is 55.2 Å². The zero-order valence-electron chi connectivity index (χ0n) is 13.6. The molecule has 4 rings (SSSR count). The summed E-state index contributed by atoms with van der Waals surface area (Å²) < 4.78 is 0. The fourth-order valence-electron chi connectivity index (χ4n) is 3.56. The number of benzene rings is 2. The van der Waals surface area contributed by atoms with Crippen LogP contribution in [0.25, 0.3) is 0 Å². The van der Waals surface area contributed by atoms with Crippen molar-refractivity contribution < 1.29 is 9.59 Å². The van der Waals surface area contributed by atoms with E-state index in [4.69, 9.17) is 0 Å². The monoisotopic (exact) mass is 320 g/mol. The van der Waals surface area contributed by atoms with Gasteiger partial charge in [0.15, 0.2) is 0 Å². The topological polar surface area (TPSA) is 40.6 Å². The summed E-state index contributed by atoms with van der Waals surface area (Å²) in [5.41, 5.74) is 3.51. The van der Waals surface area contributed by atoms with Gasteiger partial charge in [-0.2, -0.15) is 0 Å². The molecule has 1 fully saturated rings. The highest BCUT2D eigenvalue weighted by Crippen LogP contribution is 2.28. The van der Waals surface area contributed by atoms with E-state index in [1.54, 1.807) is 24.3 Å². The molecule has 0 saturated carbocycles. The van der Waals surface area contributed by atoms with Crippen LogP contribution in [0.3, 0.4) is 0 Å². The number of carbonyl (C=O) groups excluding carboxylic acids is 2. The Balaban J connectivity index is 1.53. The first-order valence-corrected chi connectivity index (χ1v) is 8.53. The molecule has 24 heavy (non-hydrogen) atoms. The Hall–Kier alpha value is -2.62. The first-order valence-electron chi connectivity index (χ1n) is 8.53. The summed E-state index contributed by atoms with van der Waals surface area (Å²) >= 11 is 0. The van der Waals surface area contributed by atoms with Crippen LogP contribution in [-0.4, -0.2) is 36.3 Å². The number of fused-ring (bicyclic) bond motifs is 1. The van der Waals surface area contributed by atoms with Crippen LogP contribution in [0.4, 0.5) is 5.69 Å². The van der Waals surface area contributed by atoms with E-state index in [2.05, 4.69) is 6.07 Å².